The van der Waals surface area contributed by atoms with E-state index in [2.05, 4.69) is 4.98 Å². The number of carbonyl (C=O) groups is 1. The van der Waals surface area contributed by atoms with Crippen LogP contribution in [0.5, 0.6) is 0 Å². The zero-order valence-corrected chi connectivity index (χ0v) is 8.88. The number of rotatable bonds is 2. The van der Waals surface area contributed by atoms with Crippen molar-refractivity contribution in [3.63, 3.8) is 0 Å². The van der Waals surface area contributed by atoms with Gasteiger partial charge in [-0.05, 0) is 41.1 Å². The molecule has 5 heteroatoms. The zero-order chi connectivity index (χ0) is 10.0. The molecule has 70 valence electrons. The van der Waals surface area contributed by atoms with Gasteiger partial charge in [0.25, 0.3) is 6.43 Å². The maximum Gasteiger partial charge on any atom is 0.280 e. The first-order valence-electron chi connectivity index (χ1n) is 3.46. The molecule has 0 aromatic carbocycles. The second-order valence-corrected chi connectivity index (χ2v) is 3.57. The van der Waals surface area contributed by atoms with E-state index >= 15 is 0 Å². The molecule has 0 radical (unpaired) electrons. The van der Waals surface area contributed by atoms with Crippen LogP contribution in [0.4, 0.5) is 8.78 Å². The summed E-state index contributed by atoms with van der Waals surface area (Å²) in [5.41, 5.74) is 0.217. The van der Waals surface area contributed by atoms with Crippen molar-refractivity contribution in [1.82, 2.24) is 4.98 Å². The van der Waals surface area contributed by atoms with Gasteiger partial charge >= 0.3 is 0 Å². The first-order valence-corrected chi connectivity index (χ1v) is 4.54. The first-order chi connectivity index (χ1) is 6.06. The zero-order valence-electron chi connectivity index (χ0n) is 6.72. The second kappa shape index (κ2) is 4.08. The summed E-state index contributed by atoms with van der Waals surface area (Å²) in [4.78, 5) is 14.1. The van der Waals surface area contributed by atoms with Crippen LogP contribution in [0.15, 0.2) is 6.07 Å². The fourth-order valence-corrected chi connectivity index (χ4v) is 1.55. The molecule has 0 fully saturated rings. The lowest BCUT2D eigenvalue weighted by molar-refractivity contribution is 0.112. The van der Waals surface area contributed by atoms with Crippen molar-refractivity contribution < 1.29 is 13.6 Å². The molecule has 1 heterocycles. The lowest BCUT2D eigenvalue weighted by Crippen LogP contribution is -2.01. The summed E-state index contributed by atoms with van der Waals surface area (Å²) in [7, 11) is 0. The topological polar surface area (TPSA) is 30.0 Å². The van der Waals surface area contributed by atoms with Gasteiger partial charge < -0.3 is 0 Å². The number of carbonyl (C=O) groups excluding carboxylic acids is 1. The summed E-state index contributed by atoms with van der Waals surface area (Å²) in [6, 6.07) is 1.48. The fraction of sp³-hybridized carbons (Fsp3) is 0.250. The van der Waals surface area contributed by atoms with Gasteiger partial charge in [0.2, 0.25) is 0 Å². The lowest BCUT2D eigenvalue weighted by Gasteiger charge is -2.06. The molecule has 0 atom stereocenters. The number of hydrogen-bond acceptors (Lipinski definition) is 2. The number of aldehydes is 1. The Balaban J connectivity index is 3.35. The number of aromatic nitrogens is 1. The summed E-state index contributed by atoms with van der Waals surface area (Å²) in [5, 5.41) is 0. The van der Waals surface area contributed by atoms with E-state index in [9.17, 15) is 13.6 Å². The van der Waals surface area contributed by atoms with Gasteiger partial charge in [-0.15, -0.1) is 0 Å². The average molecular weight is 297 g/mol. The van der Waals surface area contributed by atoms with Gasteiger partial charge in [0.05, 0.1) is 0 Å². The molecule has 0 bridgehead atoms. The van der Waals surface area contributed by atoms with Crippen molar-refractivity contribution in [2.24, 2.45) is 0 Å². The van der Waals surface area contributed by atoms with Gasteiger partial charge in [0.1, 0.15) is 15.7 Å². The van der Waals surface area contributed by atoms with E-state index in [1.807, 2.05) is 0 Å². The number of alkyl halides is 2. The Morgan fingerprint density at radius 3 is 2.69 bits per heavy atom. The quantitative estimate of drug-likeness (QED) is 0.477. The third-order valence-corrected chi connectivity index (χ3v) is 2.21. The number of pyridine rings is 1. The van der Waals surface area contributed by atoms with Crippen molar-refractivity contribution in [3.05, 3.63) is 26.6 Å². The summed E-state index contributed by atoms with van der Waals surface area (Å²) in [5.74, 6) is 0. The molecule has 0 spiro atoms. The van der Waals surface area contributed by atoms with Gasteiger partial charge in [0, 0.05) is 5.56 Å². The molecule has 2 nitrogen and oxygen atoms in total. The Bertz CT molecular complexity index is 341. The summed E-state index contributed by atoms with van der Waals surface area (Å²) in [6.45, 7) is 1.47. The highest BCUT2D eigenvalue weighted by Crippen LogP contribution is 2.23. The summed E-state index contributed by atoms with van der Waals surface area (Å²) in [6.07, 6.45) is -2.07. The molecule has 0 aliphatic carbocycles. The number of halogens is 3. The van der Waals surface area contributed by atoms with Gasteiger partial charge in [-0.25, -0.2) is 13.8 Å². The maximum absolute atomic E-state index is 12.3. The smallest absolute Gasteiger partial charge is 0.280 e. The number of nitrogens with zero attached hydrogens (tertiary/aromatic N) is 1. The maximum atomic E-state index is 12.3. The van der Waals surface area contributed by atoms with Crippen LogP contribution in [0, 0.1) is 10.6 Å². The molecule has 1 aromatic heterocycles. The largest absolute Gasteiger partial charge is 0.298 e. The minimum Gasteiger partial charge on any atom is -0.298 e. The lowest BCUT2D eigenvalue weighted by atomic mass is 10.1. The van der Waals surface area contributed by atoms with Crippen LogP contribution in [-0.2, 0) is 0 Å². The Labute approximate surface area is 87.5 Å². The third-order valence-electron chi connectivity index (χ3n) is 1.65. The molecule has 13 heavy (non-hydrogen) atoms. The van der Waals surface area contributed by atoms with Crippen LogP contribution in [0.25, 0.3) is 0 Å². The average Bonchev–Trinajstić information content (AvgIpc) is 2.08. The van der Waals surface area contributed by atoms with Crippen LogP contribution in [-0.4, -0.2) is 11.3 Å². The van der Waals surface area contributed by atoms with Crippen LogP contribution in [0.3, 0.4) is 0 Å². The van der Waals surface area contributed by atoms with E-state index in [-0.39, 0.29) is 16.8 Å². The Hall–Kier alpha value is -0.590. The Kier molecular flexibility index (Phi) is 3.29. The standard InChI is InChI=1S/C8H6F2INO/c1-4-5(3-13)2-6(11)12-7(4)8(9)10/h2-3,8H,1H3. The van der Waals surface area contributed by atoms with E-state index in [1.165, 1.54) is 13.0 Å². The highest BCUT2D eigenvalue weighted by molar-refractivity contribution is 14.1. The van der Waals surface area contributed by atoms with Crippen molar-refractivity contribution >= 4 is 28.9 Å². The third kappa shape index (κ3) is 2.20. The second-order valence-electron chi connectivity index (χ2n) is 2.46. The Morgan fingerprint density at radius 1 is 1.62 bits per heavy atom. The van der Waals surface area contributed by atoms with Crippen molar-refractivity contribution in [3.8, 4) is 0 Å². The molecule has 0 saturated heterocycles. The van der Waals surface area contributed by atoms with Crippen LogP contribution in [0.1, 0.15) is 28.0 Å². The molecule has 0 aliphatic heterocycles. The van der Waals surface area contributed by atoms with Crippen molar-refractivity contribution in [2.45, 2.75) is 13.3 Å². The highest BCUT2D eigenvalue weighted by atomic mass is 127. The SMILES string of the molecule is Cc1c(C=O)cc(I)nc1C(F)F. The molecule has 0 saturated carbocycles. The molecule has 1 rings (SSSR count). The molecular formula is C8H6F2INO. The first kappa shape index (κ1) is 10.5. The van der Waals surface area contributed by atoms with E-state index < -0.39 is 6.43 Å². The van der Waals surface area contributed by atoms with Gasteiger partial charge in [0.15, 0.2) is 0 Å². The predicted octanol–water partition coefficient (Wildman–Crippen LogP) is 2.74. The van der Waals surface area contributed by atoms with Crippen molar-refractivity contribution in [1.29, 1.82) is 0 Å². The monoisotopic (exact) mass is 297 g/mol. The molecular weight excluding hydrogens is 291 g/mol. The van der Waals surface area contributed by atoms with Gasteiger partial charge in [-0.1, -0.05) is 0 Å². The molecule has 0 aliphatic rings. The molecule has 0 unspecified atom stereocenters. The van der Waals surface area contributed by atoms with E-state index in [0.717, 1.165) is 0 Å². The van der Waals surface area contributed by atoms with Crippen molar-refractivity contribution in [2.75, 3.05) is 0 Å². The minimum absolute atomic E-state index is 0.255. The van der Waals surface area contributed by atoms with Gasteiger partial charge in [-0.3, -0.25) is 4.79 Å². The molecule has 0 amide bonds. The van der Waals surface area contributed by atoms with E-state index in [4.69, 9.17) is 0 Å². The summed E-state index contributed by atoms with van der Waals surface area (Å²) >= 11 is 1.80. The van der Waals surface area contributed by atoms with E-state index in [1.54, 1.807) is 22.6 Å². The van der Waals surface area contributed by atoms with Crippen LogP contribution < -0.4 is 0 Å². The highest BCUT2D eigenvalue weighted by Gasteiger charge is 2.15. The molecule has 0 N–H and O–H groups in total. The summed E-state index contributed by atoms with van der Waals surface area (Å²) < 4.78 is 25.1. The van der Waals surface area contributed by atoms with E-state index in [0.29, 0.717) is 9.99 Å². The Morgan fingerprint density at radius 2 is 2.23 bits per heavy atom. The minimum atomic E-state index is -2.63. The predicted molar refractivity (Wildman–Crippen MR) is 52.0 cm³/mol. The normalized spacial score (nSPS) is 10.5. The molecule has 1 aromatic rings. The van der Waals surface area contributed by atoms with Crippen LogP contribution in [0.2, 0.25) is 0 Å². The van der Waals surface area contributed by atoms with Crippen LogP contribution >= 0.6 is 22.6 Å². The van der Waals surface area contributed by atoms with Gasteiger partial charge in [-0.2, -0.15) is 0 Å². The number of hydrogen-bond donors (Lipinski definition) is 0. The fourth-order valence-electron chi connectivity index (χ4n) is 0.951.